The number of ether oxygens (including phenoxy) is 4. The van der Waals surface area contributed by atoms with Crippen LogP contribution < -0.4 is 27.8 Å². The van der Waals surface area contributed by atoms with Crippen molar-refractivity contribution >= 4 is 0 Å². The number of hydrogen-bond acceptors (Lipinski definition) is 12. The van der Waals surface area contributed by atoms with E-state index in [0.29, 0.717) is 12.8 Å². The van der Waals surface area contributed by atoms with Gasteiger partial charge in [-0.3, -0.25) is 0 Å². The first-order valence-electron chi connectivity index (χ1n) is 11.8. The van der Waals surface area contributed by atoms with Crippen molar-refractivity contribution < 1.29 is 34.3 Å². The van der Waals surface area contributed by atoms with Gasteiger partial charge in [0, 0.05) is 12.1 Å². The van der Waals surface area contributed by atoms with Gasteiger partial charge in [0.25, 0.3) is 0 Å². The van der Waals surface area contributed by atoms with E-state index >= 15 is 0 Å². The first-order valence-corrected chi connectivity index (χ1v) is 11.8. The molecule has 194 valence electrons. The zero-order chi connectivity index (χ0) is 24.6. The van der Waals surface area contributed by atoms with Gasteiger partial charge < -0.3 is 62.1 Å². The first-order chi connectivity index (χ1) is 15.4. The molecule has 0 amide bonds. The van der Waals surface area contributed by atoms with Gasteiger partial charge in [0.2, 0.25) is 5.79 Å². The molecule has 0 bridgehead atoms. The lowest BCUT2D eigenvalue weighted by Crippen LogP contribution is -2.72. The van der Waals surface area contributed by atoms with E-state index in [1.54, 1.807) is 14.0 Å². The minimum Gasteiger partial charge on any atom is -0.387 e. The van der Waals surface area contributed by atoms with E-state index in [-0.39, 0.29) is 31.2 Å². The summed E-state index contributed by atoms with van der Waals surface area (Å²) in [6.45, 7) is 3.45. The molecule has 1 aliphatic carbocycles. The standard InChI is InChI=1S/C21H43N5O7/c1-10(25-3)13-6-5-12(23)18(31-13)32-21(14(24)7-11(22)8-15(21)27)33-19-16(28)17(26-4)20(2,29)9-30-19/h10-19,25-29H,5-9,22-24H2,1-4H3/t10?,11-,12+,13-,14+,15+,16-,17+,18+,19+,20-,21-/m0/s1. The van der Waals surface area contributed by atoms with E-state index in [9.17, 15) is 15.3 Å². The van der Waals surface area contributed by atoms with Crippen LogP contribution in [0.5, 0.6) is 0 Å². The summed E-state index contributed by atoms with van der Waals surface area (Å²) in [5.74, 6) is -1.78. The summed E-state index contributed by atoms with van der Waals surface area (Å²) in [7, 11) is 3.47. The smallest absolute Gasteiger partial charge is 0.215 e. The number of rotatable bonds is 7. The number of nitrogens with two attached hydrogens (primary N) is 3. The molecule has 2 aliphatic heterocycles. The van der Waals surface area contributed by atoms with E-state index in [2.05, 4.69) is 10.6 Å². The van der Waals surface area contributed by atoms with Gasteiger partial charge >= 0.3 is 0 Å². The molecule has 11 N–H and O–H groups in total. The van der Waals surface area contributed by atoms with Gasteiger partial charge in [-0.2, -0.15) is 0 Å². The third kappa shape index (κ3) is 5.52. The van der Waals surface area contributed by atoms with Crippen molar-refractivity contribution in [1.82, 2.24) is 10.6 Å². The molecule has 12 atom stereocenters. The van der Waals surface area contributed by atoms with Crippen LogP contribution in [-0.4, -0.2) is 109 Å². The van der Waals surface area contributed by atoms with Gasteiger partial charge in [-0.25, -0.2) is 0 Å². The lowest BCUT2D eigenvalue weighted by molar-refractivity contribution is -0.418. The topological polar surface area (TPSA) is 200 Å². The van der Waals surface area contributed by atoms with Crippen LogP contribution in [0.3, 0.4) is 0 Å². The quantitative estimate of drug-likeness (QED) is 0.173. The average molecular weight is 478 g/mol. The highest BCUT2D eigenvalue weighted by molar-refractivity contribution is 5.02. The van der Waals surface area contributed by atoms with E-state index in [0.717, 1.165) is 6.42 Å². The van der Waals surface area contributed by atoms with Crippen LogP contribution in [0.4, 0.5) is 0 Å². The van der Waals surface area contributed by atoms with Gasteiger partial charge in [0.1, 0.15) is 17.8 Å². The molecule has 1 unspecified atom stereocenters. The van der Waals surface area contributed by atoms with E-state index in [4.69, 9.17) is 36.1 Å². The molecular weight excluding hydrogens is 434 g/mol. The van der Waals surface area contributed by atoms with E-state index in [1.165, 1.54) is 0 Å². The summed E-state index contributed by atoms with van der Waals surface area (Å²) in [4.78, 5) is 0. The van der Waals surface area contributed by atoms with Crippen LogP contribution >= 0.6 is 0 Å². The number of aliphatic hydroxyl groups excluding tert-OH is 2. The number of hydrogen-bond donors (Lipinski definition) is 8. The van der Waals surface area contributed by atoms with Crippen LogP contribution in [0.15, 0.2) is 0 Å². The summed E-state index contributed by atoms with van der Waals surface area (Å²) in [6, 6.07) is -2.36. The van der Waals surface area contributed by atoms with E-state index < -0.39 is 54.3 Å². The molecule has 3 fully saturated rings. The third-order valence-electron chi connectivity index (χ3n) is 7.26. The van der Waals surface area contributed by atoms with Crippen molar-refractivity contribution in [3.63, 3.8) is 0 Å². The SMILES string of the molecule is CNC(C)[C@@H]1CC[C@@H](N)[C@@H](O[C@]2(O[C@H]3OC[C@](C)(O)[C@H](NC)[C@@H]3O)[C@H](N)C[C@H](N)C[C@H]2O)O1. The molecule has 2 saturated heterocycles. The predicted octanol–water partition coefficient (Wildman–Crippen LogP) is -2.98. The highest BCUT2D eigenvalue weighted by Gasteiger charge is 2.57. The molecule has 12 nitrogen and oxygen atoms in total. The summed E-state index contributed by atoms with van der Waals surface area (Å²) < 4.78 is 24.3. The van der Waals surface area contributed by atoms with Crippen molar-refractivity contribution in [1.29, 1.82) is 0 Å². The van der Waals surface area contributed by atoms with Crippen molar-refractivity contribution in [2.45, 2.75) is 112 Å². The number of likely N-dealkylation sites (N-methyl/N-ethyl adjacent to an activating group) is 2. The summed E-state index contributed by atoms with van der Waals surface area (Å²) in [6.07, 6.45) is -2.91. The van der Waals surface area contributed by atoms with Gasteiger partial charge in [0.15, 0.2) is 12.6 Å². The first kappa shape index (κ1) is 27.1. The Morgan fingerprint density at radius 3 is 2.33 bits per heavy atom. The molecule has 3 rings (SSSR count). The summed E-state index contributed by atoms with van der Waals surface area (Å²) in [5.41, 5.74) is 17.5. The molecule has 0 aromatic rings. The number of nitrogens with one attached hydrogen (secondary N) is 2. The Morgan fingerprint density at radius 1 is 1.06 bits per heavy atom. The second kappa shape index (κ2) is 10.6. The lowest BCUT2D eigenvalue weighted by Gasteiger charge is -2.53. The summed E-state index contributed by atoms with van der Waals surface area (Å²) >= 11 is 0. The van der Waals surface area contributed by atoms with Crippen LogP contribution in [-0.2, 0) is 18.9 Å². The Balaban J connectivity index is 1.87. The largest absolute Gasteiger partial charge is 0.387 e. The van der Waals surface area contributed by atoms with Gasteiger partial charge in [-0.05, 0) is 53.6 Å². The molecule has 0 spiro atoms. The monoisotopic (exact) mass is 477 g/mol. The highest BCUT2D eigenvalue weighted by atomic mass is 16.8. The normalized spacial score (nSPS) is 50.2. The van der Waals surface area contributed by atoms with Crippen molar-refractivity contribution in [3.05, 3.63) is 0 Å². The maximum atomic E-state index is 11.1. The van der Waals surface area contributed by atoms with E-state index in [1.807, 2.05) is 14.0 Å². The van der Waals surface area contributed by atoms with Crippen molar-refractivity contribution in [2.24, 2.45) is 17.2 Å². The molecule has 0 radical (unpaired) electrons. The van der Waals surface area contributed by atoms with Crippen LogP contribution in [0.25, 0.3) is 0 Å². The fourth-order valence-corrected chi connectivity index (χ4v) is 5.06. The molecule has 0 aromatic carbocycles. The maximum Gasteiger partial charge on any atom is 0.215 e. The lowest BCUT2D eigenvalue weighted by atomic mass is 9.83. The Bertz CT molecular complexity index is 632. The zero-order valence-electron chi connectivity index (χ0n) is 20.0. The van der Waals surface area contributed by atoms with Crippen LogP contribution in [0, 0.1) is 0 Å². The third-order valence-corrected chi connectivity index (χ3v) is 7.26. The second-order valence-electron chi connectivity index (χ2n) is 9.97. The van der Waals surface area contributed by atoms with Gasteiger partial charge in [0.05, 0.1) is 30.8 Å². The van der Waals surface area contributed by atoms with Gasteiger partial charge in [-0.1, -0.05) is 0 Å². The molecule has 12 heteroatoms. The average Bonchev–Trinajstić information content (AvgIpc) is 2.74. The second-order valence-corrected chi connectivity index (χ2v) is 9.97. The Labute approximate surface area is 195 Å². The number of aliphatic hydroxyl groups is 3. The minimum absolute atomic E-state index is 0.0564. The van der Waals surface area contributed by atoms with Crippen molar-refractivity contribution in [2.75, 3.05) is 20.7 Å². The Morgan fingerprint density at radius 2 is 1.73 bits per heavy atom. The molecule has 3 aliphatic rings. The minimum atomic E-state index is -1.78. The fraction of sp³-hybridized carbons (Fsp3) is 1.00. The zero-order valence-corrected chi connectivity index (χ0v) is 20.0. The molecule has 1 saturated carbocycles. The predicted molar refractivity (Wildman–Crippen MR) is 120 cm³/mol. The fourth-order valence-electron chi connectivity index (χ4n) is 5.06. The Kier molecular flexibility index (Phi) is 8.75. The molecular formula is C21H43N5O7. The highest BCUT2D eigenvalue weighted by Crippen LogP contribution is 2.39. The Hall–Kier alpha value is -0.480. The van der Waals surface area contributed by atoms with Crippen LogP contribution in [0.1, 0.15) is 39.5 Å². The van der Waals surface area contributed by atoms with Crippen molar-refractivity contribution in [3.8, 4) is 0 Å². The molecule has 33 heavy (non-hydrogen) atoms. The van der Waals surface area contributed by atoms with Crippen LogP contribution in [0.2, 0.25) is 0 Å². The summed E-state index contributed by atoms with van der Waals surface area (Å²) in [5, 5.41) is 38.7. The van der Waals surface area contributed by atoms with Gasteiger partial charge in [-0.15, -0.1) is 0 Å². The molecule has 0 aromatic heterocycles. The maximum absolute atomic E-state index is 11.1. The molecule has 2 heterocycles.